The fourth-order valence-corrected chi connectivity index (χ4v) is 4.91. The van der Waals surface area contributed by atoms with Gasteiger partial charge in [0.2, 0.25) is 0 Å². The molecule has 4 aromatic rings. The van der Waals surface area contributed by atoms with E-state index < -0.39 is 36.3 Å². The molecule has 0 unspecified atom stereocenters. The molecule has 192 valence electrons. The Morgan fingerprint density at radius 3 is 2.53 bits per heavy atom. The third-order valence-electron chi connectivity index (χ3n) is 6.71. The summed E-state index contributed by atoms with van der Waals surface area (Å²) in [6.45, 7) is 1.17. The Kier molecular flexibility index (Phi) is 6.33. The second-order valence-corrected chi connectivity index (χ2v) is 8.98. The second kappa shape index (κ2) is 9.77. The van der Waals surface area contributed by atoms with Gasteiger partial charge < -0.3 is 20.4 Å². The van der Waals surface area contributed by atoms with Crippen LogP contribution in [0.4, 0.5) is 5.69 Å². The Morgan fingerprint density at radius 1 is 1.05 bits per heavy atom. The lowest BCUT2D eigenvalue weighted by Gasteiger charge is -2.28. The molecule has 3 N–H and O–H groups in total. The van der Waals surface area contributed by atoms with Crippen molar-refractivity contribution in [1.29, 1.82) is 0 Å². The molecule has 0 fully saturated rings. The number of aromatic carboxylic acids is 1. The minimum absolute atomic E-state index is 0.101. The van der Waals surface area contributed by atoms with Gasteiger partial charge in [-0.15, -0.1) is 0 Å². The second-order valence-electron chi connectivity index (χ2n) is 8.98. The van der Waals surface area contributed by atoms with Crippen molar-refractivity contribution in [2.45, 2.75) is 25.8 Å². The number of rotatable bonds is 7. The normalized spacial score (nSPS) is 14.2. The number of para-hydroxylation sites is 1. The minimum atomic E-state index is -1.18. The highest BCUT2D eigenvalue weighted by molar-refractivity contribution is 6.08. The lowest BCUT2D eigenvalue weighted by molar-refractivity contribution is -0.138. The van der Waals surface area contributed by atoms with E-state index in [1.165, 1.54) is 34.1 Å². The minimum Gasteiger partial charge on any atom is -0.480 e. The molecule has 38 heavy (non-hydrogen) atoms. The maximum Gasteiger partial charge on any atom is 0.335 e. The van der Waals surface area contributed by atoms with Gasteiger partial charge in [-0.2, -0.15) is 5.10 Å². The van der Waals surface area contributed by atoms with Crippen LogP contribution in [-0.2, 0) is 11.2 Å². The Morgan fingerprint density at radius 2 is 1.82 bits per heavy atom. The highest BCUT2D eigenvalue weighted by Gasteiger charge is 2.35. The molecule has 1 aliphatic carbocycles. The third kappa shape index (κ3) is 4.45. The number of hydrogen-bond donors (Lipinski definition) is 3. The summed E-state index contributed by atoms with van der Waals surface area (Å²) in [5.74, 6) is -3.20. The average molecular weight is 514 g/mol. The van der Waals surface area contributed by atoms with Crippen LogP contribution < -0.4 is 5.32 Å². The van der Waals surface area contributed by atoms with E-state index in [1.54, 1.807) is 37.3 Å². The Balaban J connectivity index is 1.45. The molecule has 2 aromatic carbocycles. The van der Waals surface area contributed by atoms with E-state index in [1.807, 2.05) is 6.07 Å². The van der Waals surface area contributed by atoms with E-state index in [4.69, 9.17) is 0 Å². The molecule has 11 heteroatoms. The van der Waals surface area contributed by atoms with E-state index in [-0.39, 0.29) is 22.3 Å². The predicted molar refractivity (Wildman–Crippen MR) is 135 cm³/mol. The number of aromatic nitrogens is 3. The van der Waals surface area contributed by atoms with Crippen LogP contribution in [0.5, 0.6) is 0 Å². The van der Waals surface area contributed by atoms with Gasteiger partial charge in [-0.3, -0.25) is 14.4 Å². The number of hydrogen-bond acceptors (Lipinski definition) is 6. The van der Waals surface area contributed by atoms with Gasteiger partial charge in [0.25, 0.3) is 11.8 Å². The monoisotopic (exact) mass is 513 g/mol. The van der Waals surface area contributed by atoms with Gasteiger partial charge >= 0.3 is 11.9 Å². The van der Waals surface area contributed by atoms with E-state index in [9.17, 15) is 29.4 Å². The Hall–Kier alpha value is -5.06. The molecule has 0 aliphatic heterocycles. The van der Waals surface area contributed by atoms with Crippen molar-refractivity contribution < 1.29 is 29.4 Å². The van der Waals surface area contributed by atoms with E-state index in [0.29, 0.717) is 24.1 Å². The molecule has 0 radical (unpaired) electrons. The first-order valence-electron chi connectivity index (χ1n) is 11.8. The zero-order valence-electron chi connectivity index (χ0n) is 20.3. The van der Waals surface area contributed by atoms with Crippen molar-refractivity contribution in [3.63, 3.8) is 0 Å². The van der Waals surface area contributed by atoms with Crippen LogP contribution in [0, 0.1) is 6.92 Å². The van der Waals surface area contributed by atoms with Gasteiger partial charge in [-0.05, 0) is 54.7 Å². The van der Waals surface area contributed by atoms with Crippen LogP contribution in [0.15, 0.2) is 61.1 Å². The number of carboxylic acid groups (broad SMARTS) is 2. The number of anilines is 1. The molecular formula is C27H23N5O6. The summed E-state index contributed by atoms with van der Waals surface area (Å²) >= 11 is 0. The molecule has 0 saturated heterocycles. The third-order valence-corrected chi connectivity index (χ3v) is 6.71. The number of nitrogens with one attached hydrogen (secondary N) is 1. The summed E-state index contributed by atoms with van der Waals surface area (Å²) in [5, 5.41) is 25.9. The van der Waals surface area contributed by atoms with Crippen molar-refractivity contribution in [2.75, 3.05) is 11.9 Å². The number of aliphatic carboxylic acids is 1. The van der Waals surface area contributed by atoms with Crippen LogP contribution in [0.2, 0.25) is 0 Å². The lowest BCUT2D eigenvalue weighted by atomic mass is 9.97. The summed E-state index contributed by atoms with van der Waals surface area (Å²) in [6.07, 6.45) is 5.03. The quantitative estimate of drug-likeness (QED) is 0.340. The smallest absolute Gasteiger partial charge is 0.335 e. The maximum atomic E-state index is 13.6. The van der Waals surface area contributed by atoms with Crippen LogP contribution in [-0.4, -0.2) is 60.0 Å². The number of benzene rings is 2. The maximum absolute atomic E-state index is 13.6. The largest absolute Gasteiger partial charge is 0.480 e. The van der Waals surface area contributed by atoms with Gasteiger partial charge in [0.1, 0.15) is 12.1 Å². The van der Waals surface area contributed by atoms with Crippen LogP contribution in [0.25, 0.3) is 5.65 Å². The standard InChI is InChI=1S/C27H23N5O6/c1-15-18-9-10-22(20(18)8-7-19(15)27(37)38)31(14-23(33)34)26(36)16-11-28-24-21(12-29-32(24)13-16)25(35)30-17-5-3-2-4-6-17/h2-8,11-13,22H,9-10,14H2,1H3,(H,30,35)(H,33,34)(H,37,38)/t22-/m0/s1. The number of amides is 2. The highest BCUT2D eigenvalue weighted by Crippen LogP contribution is 2.39. The summed E-state index contributed by atoms with van der Waals surface area (Å²) in [4.78, 5) is 55.1. The van der Waals surface area contributed by atoms with E-state index in [0.717, 1.165) is 11.1 Å². The number of carboxylic acids is 2. The zero-order valence-corrected chi connectivity index (χ0v) is 20.3. The Bertz CT molecular complexity index is 1600. The molecular weight excluding hydrogens is 490 g/mol. The Labute approximate surface area is 216 Å². The van der Waals surface area contributed by atoms with Crippen molar-refractivity contribution in [3.05, 3.63) is 94.4 Å². The molecule has 0 spiro atoms. The van der Waals surface area contributed by atoms with Crippen molar-refractivity contribution in [1.82, 2.24) is 19.5 Å². The molecule has 1 atom stereocenters. The molecule has 1 aliphatic rings. The number of carbonyl (C=O) groups excluding carboxylic acids is 2. The van der Waals surface area contributed by atoms with Crippen LogP contribution in [0.3, 0.4) is 0 Å². The number of carbonyl (C=O) groups is 4. The summed E-state index contributed by atoms with van der Waals surface area (Å²) < 4.78 is 1.30. The molecule has 5 rings (SSSR count). The summed E-state index contributed by atoms with van der Waals surface area (Å²) in [5.41, 5.74) is 3.50. The van der Waals surface area contributed by atoms with E-state index >= 15 is 0 Å². The summed E-state index contributed by atoms with van der Waals surface area (Å²) in [7, 11) is 0. The summed E-state index contributed by atoms with van der Waals surface area (Å²) in [6, 6.07) is 11.5. The van der Waals surface area contributed by atoms with Gasteiger partial charge in [-0.1, -0.05) is 24.3 Å². The first kappa shape index (κ1) is 24.6. The SMILES string of the molecule is Cc1c(C(=O)O)ccc2c1CC[C@@H]2N(CC(=O)O)C(=O)c1cnc2c(C(=O)Nc3ccccc3)cnn2c1. The average Bonchev–Trinajstić information content (AvgIpc) is 3.52. The highest BCUT2D eigenvalue weighted by atomic mass is 16.4. The fraction of sp³-hybridized carbons (Fsp3) is 0.185. The van der Waals surface area contributed by atoms with Gasteiger partial charge in [0.05, 0.1) is 23.4 Å². The zero-order chi connectivity index (χ0) is 27.0. The van der Waals surface area contributed by atoms with Crippen molar-refractivity contribution in [3.8, 4) is 0 Å². The van der Waals surface area contributed by atoms with Gasteiger partial charge in [-0.25, -0.2) is 14.3 Å². The fourth-order valence-electron chi connectivity index (χ4n) is 4.91. The first-order valence-corrected chi connectivity index (χ1v) is 11.8. The van der Waals surface area contributed by atoms with Crippen molar-refractivity contribution >= 4 is 35.1 Å². The van der Waals surface area contributed by atoms with Crippen LogP contribution >= 0.6 is 0 Å². The predicted octanol–water partition coefficient (Wildman–Crippen LogP) is 3.20. The topological polar surface area (TPSA) is 154 Å². The number of nitrogens with zero attached hydrogens (tertiary/aromatic N) is 4. The molecule has 2 heterocycles. The van der Waals surface area contributed by atoms with Gasteiger partial charge in [0.15, 0.2) is 5.65 Å². The van der Waals surface area contributed by atoms with E-state index in [2.05, 4.69) is 15.4 Å². The number of fused-ring (bicyclic) bond motifs is 2. The molecule has 0 saturated carbocycles. The molecule has 2 aromatic heterocycles. The first-order chi connectivity index (χ1) is 18.2. The van der Waals surface area contributed by atoms with Gasteiger partial charge in [0, 0.05) is 18.1 Å². The molecule has 0 bridgehead atoms. The molecule has 2 amide bonds. The lowest BCUT2D eigenvalue weighted by Crippen LogP contribution is -2.38. The molecule has 11 nitrogen and oxygen atoms in total. The van der Waals surface area contributed by atoms with Crippen LogP contribution in [0.1, 0.15) is 60.2 Å². The van der Waals surface area contributed by atoms with Crippen molar-refractivity contribution in [2.24, 2.45) is 0 Å².